The number of aryl methyl sites for hydroxylation is 2. The van der Waals surface area contributed by atoms with Crippen LogP contribution in [0.2, 0.25) is 0 Å². The quantitative estimate of drug-likeness (QED) is 0.812. The minimum atomic E-state index is -0.699. The van der Waals surface area contributed by atoms with Crippen LogP contribution in [0, 0.1) is 13.8 Å². The summed E-state index contributed by atoms with van der Waals surface area (Å²) in [5.74, 6) is -1.38. The molecule has 1 aliphatic rings. The molecule has 2 amide bonds. The van der Waals surface area contributed by atoms with Crippen molar-refractivity contribution in [3.8, 4) is 0 Å². The summed E-state index contributed by atoms with van der Waals surface area (Å²) in [5, 5.41) is 6.25. The minimum Gasteiger partial charge on any atom is -0.451 e. The van der Waals surface area contributed by atoms with Crippen LogP contribution < -0.4 is 10.7 Å². The van der Waals surface area contributed by atoms with Gasteiger partial charge in [-0.3, -0.25) is 9.59 Å². The van der Waals surface area contributed by atoms with Crippen molar-refractivity contribution < 1.29 is 19.1 Å². The molecule has 1 aromatic rings. The molecule has 0 spiro atoms. The van der Waals surface area contributed by atoms with Crippen LogP contribution in [-0.4, -0.2) is 30.1 Å². The number of nitrogens with one attached hydrogen (secondary N) is 2. The van der Waals surface area contributed by atoms with E-state index in [1.807, 2.05) is 26.0 Å². The molecule has 1 aromatic carbocycles. The van der Waals surface area contributed by atoms with Gasteiger partial charge in [0.1, 0.15) is 5.71 Å². The molecule has 0 saturated heterocycles. The normalized spacial score (nSPS) is 13.9. The highest BCUT2D eigenvalue weighted by atomic mass is 16.5. The first-order valence-electron chi connectivity index (χ1n) is 6.85. The summed E-state index contributed by atoms with van der Waals surface area (Å²) in [7, 11) is 0. The summed E-state index contributed by atoms with van der Waals surface area (Å²) in [6.45, 7) is 3.52. The first-order valence-corrected chi connectivity index (χ1v) is 6.85. The van der Waals surface area contributed by atoms with Gasteiger partial charge < -0.3 is 10.1 Å². The minimum absolute atomic E-state index is 0.110. The SMILES string of the molecule is Cc1ccc(NC(=O)COC(=O)C2=NNC(=O)CC2)cc1C. The molecule has 0 aliphatic carbocycles. The number of carbonyl (C=O) groups excluding carboxylic acids is 3. The molecule has 0 fully saturated rings. The first-order chi connectivity index (χ1) is 10.5. The van der Waals surface area contributed by atoms with Gasteiger partial charge in [0.2, 0.25) is 5.91 Å². The number of amides is 2. The summed E-state index contributed by atoms with van der Waals surface area (Å²) in [6, 6.07) is 5.52. The average molecular weight is 303 g/mol. The molecule has 7 heteroatoms. The molecule has 0 atom stereocenters. The highest BCUT2D eigenvalue weighted by Gasteiger charge is 2.20. The van der Waals surface area contributed by atoms with Crippen LogP contribution in [0.4, 0.5) is 5.69 Å². The third-order valence-electron chi connectivity index (χ3n) is 3.27. The maximum atomic E-state index is 11.8. The van der Waals surface area contributed by atoms with Gasteiger partial charge in [-0.25, -0.2) is 10.2 Å². The van der Waals surface area contributed by atoms with Gasteiger partial charge in [0.05, 0.1) is 0 Å². The molecule has 22 heavy (non-hydrogen) atoms. The number of esters is 1. The van der Waals surface area contributed by atoms with Crippen molar-refractivity contribution in [3.63, 3.8) is 0 Å². The Bertz CT molecular complexity index is 652. The molecule has 0 unspecified atom stereocenters. The Morgan fingerprint density at radius 1 is 1.27 bits per heavy atom. The van der Waals surface area contributed by atoms with Crippen molar-refractivity contribution >= 4 is 29.2 Å². The van der Waals surface area contributed by atoms with Crippen LogP contribution in [0.25, 0.3) is 0 Å². The summed E-state index contributed by atoms with van der Waals surface area (Å²) < 4.78 is 4.87. The molecule has 0 bridgehead atoms. The van der Waals surface area contributed by atoms with E-state index in [2.05, 4.69) is 15.8 Å². The number of rotatable bonds is 4. The zero-order chi connectivity index (χ0) is 16.1. The molecule has 7 nitrogen and oxygen atoms in total. The molecule has 116 valence electrons. The largest absolute Gasteiger partial charge is 0.451 e. The molecule has 0 saturated carbocycles. The summed E-state index contributed by atoms with van der Waals surface area (Å²) in [5.41, 5.74) is 5.14. The van der Waals surface area contributed by atoms with Crippen LogP contribution in [0.3, 0.4) is 0 Å². The Morgan fingerprint density at radius 3 is 2.68 bits per heavy atom. The van der Waals surface area contributed by atoms with Gasteiger partial charge in [-0.2, -0.15) is 5.10 Å². The van der Waals surface area contributed by atoms with Crippen molar-refractivity contribution in [3.05, 3.63) is 29.3 Å². The number of ether oxygens (including phenoxy) is 1. The molecule has 2 rings (SSSR count). The maximum Gasteiger partial charge on any atom is 0.355 e. The monoisotopic (exact) mass is 303 g/mol. The van der Waals surface area contributed by atoms with E-state index in [1.54, 1.807) is 6.07 Å². The van der Waals surface area contributed by atoms with E-state index in [-0.39, 0.29) is 24.5 Å². The lowest BCUT2D eigenvalue weighted by Gasteiger charge is -2.11. The first kappa shape index (κ1) is 15.7. The number of anilines is 1. The number of hydrogen-bond acceptors (Lipinski definition) is 5. The fourth-order valence-electron chi connectivity index (χ4n) is 1.85. The zero-order valence-electron chi connectivity index (χ0n) is 12.4. The van der Waals surface area contributed by atoms with Gasteiger partial charge in [-0.05, 0) is 37.1 Å². The second-order valence-electron chi connectivity index (χ2n) is 5.02. The third-order valence-corrected chi connectivity index (χ3v) is 3.27. The zero-order valence-corrected chi connectivity index (χ0v) is 12.4. The van der Waals surface area contributed by atoms with Crippen LogP contribution in [-0.2, 0) is 19.1 Å². The number of hydrogen-bond donors (Lipinski definition) is 2. The Hall–Kier alpha value is -2.70. The molecule has 0 aromatic heterocycles. The predicted octanol–water partition coefficient (Wildman–Crippen LogP) is 1.05. The van der Waals surface area contributed by atoms with Crippen molar-refractivity contribution in [1.29, 1.82) is 0 Å². The van der Waals surface area contributed by atoms with Gasteiger partial charge in [0, 0.05) is 18.5 Å². The summed E-state index contributed by atoms with van der Waals surface area (Å²) in [4.78, 5) is 34.3. The van der Waals surface area contributed by atoms with Crippen LogP contribution >= 0.6 is 0 Å². The fraction of sp³-hybridized carbons (Fsp3) is 0.333. The molecule has 1 aliphatic heterocycles. The lowest BCUT2D eigenvalue weighted by Crippen LogP contribution is -2.32. The topological polar surface area (TPSA) is 96.9 Å². The van der Waals surface area contributed by atoms with Crippen LogP contribution in [0.5, 0.6) is 0 Å². The van der Waals surface area contributed by atoms with Crippen molar-refractivity contribution in [2.75, 3.05) is 11.9 Å². The van der Waals surface area contributed by atoms with Gasteiger partial charge in [-0.15, -0.1) is 0 Å². The third kappa shape index (κ3) is 4.15. The molecule has 0 radical (unpaired) electrons. The summed E-state index contributed by atoms with van der Waals surface area (Å²) in [6.07, 6.45) is 0.395. The number of nitrogens with zero attached hydrogens (tertiary/aromatic N) is 1. The highest BCUT2D eigenvalue weighted by Crippen LogP contribution is 2.14. The Kier molecular flexibility index (Phi) is 4.88. The maximum absolute atomic E-state index is 11.8. The van der Waals surface area contributed by atoms with E-state index in [0.29, 0.717) is 5.69 Å². The van der Waals surface area contributed by atoms with Gasteiger partial charge in [0.25, 0.3) is 5.91 Å². The number of carbonyl (C=O) groups is 3. The van der Waals surface area contributed by atoms with E-state index in [4.69, 9.17) is 4.74 Å². The predicted molar refractivity (Wildman–Crippen MR) is 80.3 cm³/mol. The molecular formula is C15H17N3O4. The van der Waals surface area contributed by atoms with E-state index in [9.17, 15) is 14.4 Å². The Labute approximate surface area is 127 Å². The van der Waals surface area contributed by atoms with Crippen molar-refractivity contribution in [2.45, 2.75) is 26.7 Å². The molecule has 1 heterocycles. The average Bonchev–Trinajstić information content (AvgIpc) is 2.49. The van der Waals surface area contributed by atoms with Crippen molar-refractivity contribution in [2.24, 2.45) is 5.10 Å². The lowest BCUT2D eigenvalue weighted by molar-refractivity contribution is -0.140. The standard InChI is InChI=1S/C15H17N3O4/c1-9-3-4-11(7-10(9)2)16-14(20)8-22-15(21)12-5-6-13(19)18-17-12/h3-4,7H,5-6,8H2,1-2H3,(H,16,20)(H,18,19). The second-order valence-corrected chi connectivity index (χ2v) is 5.02. The number of benzene rings is 1. The molecular weight excluding hydrogens is 286 g/mol. The number of hydrazone groups is 1. The van der Waals surface area contributed by atoms with E-state index < -0.39 is 18.5 Å². The van der Waals surface area contributed by atoms with Gasteiger partial charge >= 0.3 is 5.97 Å². The smallest absolute Gasteiger partial charge is 0.355 e. The second kappa shape index (κ2) is 6.84. The van der Waals surface area contributed by atoms with Crippen LogP contribution in [0.15, 0.2) is 23.3 Å². The lowest BCUT2D eigenvalue weighted by atomic mass is 10.1. The van der Waals surface area contributed by atoms with Gasteiger partial charge in [-0.1, -0.05) is 6.07 Å². The van der Waals surface area contributed by atoms with Crippen LogP contribution in [0.1, 0.15) is 24.0 Å². The summed E-state index contributed by atoms with van der Waals surface area (Å²) >= 11 is 0. The van der Waals surface area contributed by atoms with E-state index >= 15 is 0 Å². The Balaban J connectivity index is 1.83. The van der Waals surface area contributed by atoms with E-state index in [0.717, 1.165) is 11.1 Å². The molecule has 2 N–H and O–H groups in total. The van der Waals surface area contributed by atoms with Gasteiger partial charge in [0.15, 0.2) is 6.61 Å². The Morgan fingerprint density at radius 2 is 2.05 bits per heavy atom. The highest BCUT2D eigenvalue weighted by molar-refractivity contribution is 6.37. The van der Waals surface area contributed by atoms with Crippen molar-refractivity contribution in [1.82, 2.24) is 5.43 Å². The fourth-order valence-corrected chi connectivity index (χ4v) is 1.85. The van der Waals surface area contributed by atoms with E-state index in [1.165, 1.54) is 0 Å².